The lowest BCUT2D eigenvalue weighted by atomic mass is 10.1. The molecule has 1 fully saturated rings. The Bertz CT molecular complexity index is 439. The molecule has 0 aromatic heterocycles. The summed E-state index contributed by atoms with van der Waals surface area (Å²) in [5, 5.41) is 9.44. The van der Waals surface area contributed by atoms with E-state index in [2.05, 4.69) is 11.0 Å². The second kappa shape index (κ2) is 5.50. The van der Waals surface area contributed by atoms with Crippen LogP contribution in [-0.4, -0.2) is 24.0 Å². The molecule has 2 rings (SSSR count). The van der Waals surface area contributed by atoms with Gasteiger partial charge in [0.25, 0.3) is 0 Å². The highest BCUT2D eigenvalue weighted by Gasteiger charge is 2.17. The number of nitrogens with zero attached hydrogens (tertiary/aromatic N) is 2. The molecular formula is C13H16ClN3. The number of hydrogen-bond acceptors (Lipinski definition) is 3. The Morgan fingerprint density at radius 3 is 3.00 bits per heavy atom. The number of hydrogen-bond donors (Lipinski definition) is 1. The minimum absolute atomic E-state index is 0.279. The van der Waals surface area contributed by atoms with Crippen molar-refractivity contribution >= 4 is 11.6 Å². The Morgan fingerprint density at radius 2 is 2.35 bits per heavy atom. The van der Waals surface area contributed by atoms with Crippen LogP contribution >= 0.6 is 11.6 Å². The standard InChI is InChI=1S/C13H16ClN3/c14-13-6-10(7-15)3-4-11(13)8-17-5-1-2-12(16)9-17/h3-4,6,12H,1-2,5,8-9,16H2. The quantitative estimate of drug-likeness (QED) is 0.874. The highest BCUT2D eigenvalue weighted by molar-refractivity contribution is 6.31. The molecule has 0 saturated carbocycles. The fraction of sp³-hybridized carbons (Fsp3) is 0.462. The van der Waals surface area contributed by atoms with E-state index in [4.69, 9.17) is 22.6 Å². The van der Waals surface area contributed by atoms with Crippen LogP contribution in [0.15, 0.2) is 18.2 Å². The molecule has 1 atom stereocenters. The first-order valence-corrected chi connectivity index (χ1v) is 6.23. The second-order valence-corrected chi connectivity index (χ2v) is 4.96. The molecule has 0 radical (unpaired) electrons. The monoisotopic (exact) mass is 249 g/mol. The number of rotatable bonds is 2. The number of likely N-dealkylation sites (tertiary alicyclic amines) is 1. The van der Waals surface area contributed by atoms with Crippen LogP contribution in [0.1, 0.15) is 24.0 Å². The van der Waals surface area contributed by atoms with Crippen molar-refractivity contribution in [3.8, 4) is 6.07 Å². The van der Waals surface area contributed by atoms with Crippen LogP contribution in [0.2, 0.25) is 5.02 Å². The maximum Gasteiger partial charge on any atom is 0.0992 e. The molecule has 2 N–H and O–H groups in total. The van der Waals surface area contributed by atoms with Crippen LogP contribution < -0.4 is 5.73 Å². The molecule has 1 aliphatic rings. The highest BCUT2D eigenvalue weighted by Crippen LogP contribution is 2.21. The molecular weight excluding hydrogens is 234 g/mol. The zero-order valence-electron chi connectivity index (χ0n) is 9.69. The van der Waals surface area contributed by atoms with Gasteiger partial charge in [0.2, 0.25) is 0 Å². The Morgan fingerprint density at radius 1 is 1.53 bits per heavy atom. The molecule has 1 heterocycles. The summed E-state index contributed by atoms with van der Waals surface area (Å²) in [5.74, 6) is 0. The van der Waals surface area contributed by atoms with E-state index in [0.717, 1.165) is 38.0 Å². The smallest absolute Gasteiger partial charge is 0.0992 e. The molecule has 0 amide bonds. The maximum atomic E-state index is 8.77. The van der Waals surface area contributed by atoms with E-state index in [0.29, 0.717) is 10.6 Å². The molecule has 1 saturated heterocycles. The SMILES string of the molecule is N#Cc1ccc(CN2CCCC(N)C2)c(Cl)c1. The van der Waals surface area contributed by atoms with Gasteiger partial charge in [0.1, 0.15) is 0 Å². The van der Waals surface area contributed by atoms with Gasteiger partial charge in [0, 0.05) is 24.2 Å². The average Bonchev–Trinajstić information content (AvgIpc) is 2.32. The Kier molecular flexibility index (Phi) is 4.01. The second-order valence-electron chi connectivity index (χ2n) is 4.56. The van der Waals surface area contributed by atoms with Crippen LogP contribution in [-0.2, 0) is 6.54 Å². The van der Waals surface area contributed by atoms with E-state index in [9.17, 15) is 0 Å². The topological polar surface area (TPSA) is 53.0 Å². The van der Waals surface area contributed by atoms with Crippen molar-refractivity contribution in [2.45, 2.75) is 25.4 Å². The Hall–Kier alpha value is -1.08. The van der Waals surface area contributed by atoms with Crippen molar-refractivity contribution in [2.24, 2.45) is 5.73 Å². The molecule has 1 aromatic carbocycles. The third-order valence-electron chi connectivity index (χ3n) is 3.12. The predicted molar refractivity (Wildman–Crippen MR) is 68.7 cm³/mol. The zero-order valence-corrected chi connectivity index (χ0v) is 10.5. The maximum absolute atomic E-state index is 8.77. The molecule has 0 aliphatic carbocycles. The normalized spacial score (nSPS) is 21.1. The fourth-order valence-corrected chi connectivity index (χ4v) is 2.46. The number of benzene rings is 1. The summed E-state index contributed by atoms with van der Waals surface area (Å²) in [7, 11) is 0. The number of nitrogens with two attached hydrogens (primary N) is 1. The van der Waals surface area contributed by atoms with Crippen LogP contribution in [0, 0.1) is 11.3 Å². The lowest BCUT2D eigenvalue weighted by Gasteiger charge is -2.30. The first kappa shape index (κ1) is 12.4. The molecule has 0 spiro atoms. The van der Waals surface area contributed by atoms with Crippen molar-refractivity contribution < 1.29 is 0 Å². The molecule has 0 bridgehead atoms. The van der Waals surface area contributed by atoms with Gasteiger partial charge < -0.3 is 5.73 Å². The van der Waals surface area contributed by atoms with Crippen molar-refractivity contribution in [1.29, 1.82) is 5.26 Å². The van der Waals surface area contributed by atoms with E-state index in [-0.39, 0.29) is 6.04 Å². The summed E-state index contributed by atoms with van der Waals surface area (Å²) in [6.45, 7) is 2.82. The molecule has 3 nitrogen and oxygen atoms in total. The van der Waals surface area contributed by atoms with Gasteiger partial charge >= 0.3 is 0 Å². The molecule has 90 valence electrons. The predicted octanol–water partition coefficient (Wildman–Crippen LogP) is 2.13. The molecule has 1 aromatic rings. The first-order valence-electron chi connectivity index (χ1n) is 5.85. The van der Waals surface area contributed by atoms with Gasteiger partial charge in [0.05, 0.1) is 11.6 Å². The summed E-state index contributed by atoms with van der Waals surface area (Å²) in [5.41, 5.74) is 7.62. The molecule has 4 heteroatoms. The van der Waals surface area contributed by atoms with Gasteiger partial charge in [0.15, 0.2) is 0 Å². The van der Waals surface area contributed by atoms with Crippen LogP contribution in [0.25, 0.3) is 0 Å². The zero-order chi connectivity index (χ0) is 12.3. The Labute approximate surface area is 107 Å². The molecule has 1 aliphatic heterocycles. The van der Waals surface area contributed by atoms with Crippen LogP contribution in [0.5, 0.6) is 0 Å². The average molecular weight is 250 g/mol. The lowest BCUT2D eigenvalue weighted by Crippen LogP contribution is -2.42. The number of piperidine rings is 1. The molecule has 17 heavy (non-hydrogen) atoms. The highest BCUT2D eigenvalue weighted by atomic mass is 35.5. The summed E-state index contributed by atoms with van der Waals surface area (Å²) in [4.78, 5) is 2.32. The van der Waals surface area contributed by atoms with Crippen molar-refractivity contribution in [3.63, 3.8) is 0 Å². The third-order valence-corrected chi connectivity index (χ3v) is 3.47. The summed E-state index contributed by atoms with van der Waals surface area (Å²) in [6.07, 6.45) is 2.26. The number of nitriles is 1. The van der Waals surface area contributed by atoms with Gasteiger partial charge in [-0.25, -0.2) is 0 Å². The summed E-state index contributed by atoms with van der Waals surface area (Å²) in [6, 6.07) is 7.83. The van der Waals surface area contributed by atoms with E-state index in [1.54, 1.807) is 6.07 Å². The minimum atomic E-state index is 0.279. The summed E-state index contributed by atoms with van der Waals surface area (Å²) < 4.78 is 0. The summed E-state index contributed by atoms with van der Waals surface area (Å²) >= 11 is 6.15. The van der Waals surface area contributed by atoms with E-state index in [1.807, 2.05) is 12.1 Å². The number of halogens is 1. The van der Waals surface area contributed by atoms with E-state index < -0.39 is 0 Å². The van der Waals surface area contributed by atoms with Crippen LogP contribution in [0.4, 0.5) is 0 Å². The van der Waals surface area contributed by atoms with Gasteiger partial charge in [-0.15, -0.1) is 0 Å². The van der Waals surface area contributed by atoms with E-state index >= 15 is 0 Å². The van der Waals surface area contributed by atoms with Gasteiger partial charge in [-0.1, -0.05) is 17.7 Å². The van der Waals surface area contributed by atoms with Gasteiger partial charge in [-0.05, 0) is 37.1 Å². The minimum Gasteiger partial charge on any atom is -0.327 e. The molecule has 1 unspecified atom stereocenters. The fourth-order valence-electron chi connectivity index (χ4n) is 2.22. The van der Waals surface area contributed by atoms with Crippen molar-refractivity contribution in [1.82, 2.24) is 4.90 Å². The largest absolute Gasteiger partial charge is 0.327 e. The van der Waals surface area contributed by atoms with Crippen LogP contribution in [0.3, 0.4) is 0 Å². The van der Waals surface area contributed by atoms with Gasteiger partial charge in [-0.2, -0.15) is 5.26 Å². The Balaban J connectivity index is 2.06. The third kappa shape index (κ3) is 3.19. The van der Waals surface area contributed by atoms with Gasteiger partial charge in [-0.3, -0.25) is 4.90 Å². The van der Waals surface area contributed by atoms with E-state index in [1.165, 1.54) is 0 Å². The van der Waals surface area contributed by atoms with Crippen molar-refractivity contribution in [2.75, 3.05) is 13.1 Å². The lowest BCUT2D eigenvalue weighted by molar-refractivity contribution is 0.201. The van der Waals surface area contributed by atoms with Crippen molar-refractivity contribution in [3.05, 3.63) is 34.3 Å². The first-order chi connectivity index (χ1) is 8.19.